The highest BCUT2D eigenvalue weighted by Gasteiger charge is 2.17. The molecule has 0 fully saturated rings. The number of nitrogens with one attached hydrogen (secondary N) is 1. The number of carbonyl (C=O) groups excluding carboxylic acids is 2. The Labute approximate surface area is 150 Å². The molecule has 0 saturated carbocycles. The SMILES string of the molecule is CCn1c(O)c(N=NC(=O)C(=O)Nc2ccc(C)cc2)c2ccccc21. The van der Waals surface area contributed by atoms with Gasteiger partial charge in [0.05, 0.1) is 5.52 Å². The molecule has 0 atom stereocenters. The molecule has 132 valence electrons. The lowest BCUT2D eigenvalue weighted by molar-refractivity contribution is -0.134. The lowest BCUT2D eigenvalue weighted by Crippen LogP contribution is -2.20. The van der Waals surface area contributed by atoms with Crippen LogP contribution in [0.15, 0.2) is 58.8 Å². The highest BCUT2D eigenvalue weighted by molar-refractivity contribution is 6.40. The lowest BCUT2D eigenvalue weighted by atomic mass is 10.2. The van der Waals surface area contributed by atoms with E-state index in [4.69, 9.17) is 0 Å². The molecule has 0 unspecified atom stereocenters. The lowest BCUT2D eigenvalue weighted by Gasteiger charge is -2.02. The zero-order valence-electron chi connectivity index (χ0n) is 14.4. The Balaban J connectivity index is 1.82. The molecule has 7 nitrogen and oxygen atoms in total. The summed E-state index contributed by atoms with van der Waals surface area (Å²) in [6.07, 6.45) is 0. The van der Waals surface area contributed by atoms with E-state index in [1.807, 2.05) is 38.1 Å². The van der Waals surface area contributed by atoms with Gasteiger partial charge < -0.3 is 15.0 Å². The van der Waals surface area contributed by atoms with Crippen molar-refractivity contribution in [2.75, 3.05) is 5.32 Å². The van der Waals surface area contributed by atoms with Crippen molar-refractivity contribution in [2.45, 2.75) is 20.4 Å². The molecular formula is C19H18N4O3. The molecular weight excluding hydrogens is 332 g/mol. The second-order valence-electron chi connectivity index (χ2n) is 5.76. The average Bonchev–Trinajstić information content (AvgIpc) is 2.92. The molecule has 0 radical (unpaired) electrons. The Morgan fingerprint density at radius 1 is 1.12 bits per heavy atom. The summed E-state index contributed by atoms with van der Waals surface area (Å²) in [7, 11) is 0. The summed E-state index contributed by atoms with van der Waals surface area (Å²) in [6, 6.07) is 14.3. The van der Waals surface area contributed by atoms with Crippen molar-refractivity contribution in [1.29, 1.82) is 0 Å². The largest absolute Gasteiger partial charge is 0.493 e. The van der Waals surface area contributed by atoms with Crippen LogP contribution in [0, 0.1) is 6.92 Å². The van der Waals surface area contributed by atoms with Crippen LogP contribution in [0.5, 0.6) is 5.88 Å². The predicted octanol–water partition coefficient (Wildman–Crippen LogP) is 3.92. The number of para-hydroxylation sites is 1. The Hall–Kier alpha value is -3.48. The summed E-state index contributed by atoms with van der Waals surface area (Å²) in [6.45, 7) is 4.33. The van der Waals surface area contributed by atoms with Crippen molar-refractivity contribution < 1.29 is 14.7 Å². The summed E-state index contributed by atoms with van der Waals surface area (Å²) >= 11 is 0. The quantitative estimate of drug-likeness (QED) is 0.553. The second kappa shape index (κ2) is 7.18. The summed E-state index contributed by atoms with van der Waals surface area (Å²) < 4.78 is 1.65. The maximum absolute atomic E-state index is 12.0. The standard InChI is InChI=1S/C19H18N4O3/c1-3-23-15-7-5-4-6-14(15)16(19(23)26)21-22-18(25)17(24)20-13-10-8-12(2)9-11-13/h4-11,26H,3H2,1-2H3,(H,20,24). The van der Waals surface area contributed by atoms with Gasteiger partial charge in [0.15, 0.2) is 5.69 Å². The van der Waals surface area contributed by atoms with Crippen molar-refractivity contribution in [3.05, 3.63) is 54.1 Å². The molecule has 0 aliphatic rings. The summed E-state index contributed by atoms with van der Waals surface area (Å²) in [4.78, 5) is 23.9. The molecule has 0 aliphatic heterocycles. The molecule has 7 heteroatoms. The van der Waals surface area contributed by atoms with Crippen molar-refractivity contribution in [3.8, 4) is 5.88 Å². The van der Waals surface area contributed by atoms with Crippen LogP contribution < -0.4 is 5.32 Å². The number of anilines is 1. The number of benzene rings is 2. The molecule has 2 N–H and O–H groups in total. The highest BCUT2D eigenvalue weighted by Crippen LogP contribution is 2.38. The number of carbonyl (C=O) groups is 2. The fourth-order valence-corrected chi connectivity index (χ4v) is 2.65. The monoisotopic (exact) mass is 350 g/mol. The van der Waals surface area contributed by atoms with Crippen LogP contribution >= 0.6 is 0 Å². The molecule has 0 bridgehead atoms. The van der Waals surface area contributed by atoms with Gasteiger partial charge in [0.2, 0.25) is 5.88 Å². The van der Waals surface area contributed by atoms with Crippen LogP contribution in [-0.4, -0.2) is 21.5 Å². The molecule has 1 aromatic heterocycles. The molecule has 2 amide bonds. The van der Waals surface area contributed by atoms with Crippen molar-refractivity contribution in [2.24, 2.45) is 10.2 Å². The number of hydrogen-bond acceptors (Lipinski definition) is 4. The Bertz CT molecular complexity index is 1000. The van der Waals surface area contributed by atoms with Crippen LogP contribution in [0.4, 0.5) is 11.4 Å². The Kier molecular flexibility index (Phi) is 4.79. The Morgan fingerprint density at radius 2 is 1.81 bits per heavy atom. The van der Waals surface area contributed by atoms with Crippen molar-refractivity contribution in [3.63, 3.8) is 0 Å². The summed E-state index contributed by atoms with van der Waals surface area (Å²) in [5, 5.41) is 20.7. The fraction of sp³-hybridized carbons (Fsp3) is 0.158. The van der Waals surface area contributed by atoms with Crippen LogP contribution in [0.1, 0.15) is 12.5 Å². The van der Waals surface area contributed by atoms with Gasteiger partial charge in [0.1, 0.15) is 0 Å². The number of azo groups is 1. The number of fused-ring (bicyclic) bond motifs is 1. The predicted molar refractivity (Wildman–Crippen MR) is 98.6 cm³/mol. The van der Waals surface area contributed by atoms with E-state index in [2.05, 4.69) is 15.5 Å². The maximum Gasteiger partial charge on any atom is 0.353 e. The molecule has 2 aromatic carbocycles. The van der Waals surface area contributed by atoms with E-state index in [0.29, 0.717) is 17.6 Å². The molecule has 0 aliphatic carbocycles. The molecule has 3 aromatic rings. The number of nitrogens with zero attached hydrogens (tertiary/aromatic N) is 3. The zero-order chi connectivity index (χ0) is 18.7. The fourth-order valence-electron chi connectivity index (χ4n) is 2.65. The van der Waals surface area contributed by atoms with E-state index in [0.717, 1.165) is 11.1 Å². The smallest absolute Gasteiger partial charge is 0.353 e. The topological polar surface area (TPSA) is 96.0 Å². The van der Waals surface area contributed by atoms with Gasteiger partial charge in [-0.25, -0.2) is 0 Å². The molecule has 3 rings (SSSR count). The third kappa shape index (κ3) is 3.32. The minimum Gasteiger partial charge on any atom is -0.493 e. The number of aryl methyl sites for hydroxylation is 2. The number of amides is 2. The van der Waals surface area contributed by atoms with Gasteiger partial charge in [0.25, 0.3) is 0 Å². The number of rotatable bonds is 3. The first kappa shape index (κ1) is 17.3. The minimum absolute atomic E-state index is 0.0933. The number of aromatic hydroxyl groups is 1. The van der Waals surface area contributed by atoms with Crippen LogP contribution in [0.3, 0.4) is 0 Å². The van der Waals surface area contributed by atoms with Crippen molar-refractivity contribution >= 4 is 34.1 Å². The van der Waals surface area contributed by atoms with E-state index in [-0.39, 0.29) is 11.6 Å². The number of aromatic nitrogens is 1. The average molecular weight is 350 g/mol. The molecule has 1 heterocycles. The highest BCUT2D eigenvalue weighted by atomic mass is 16.3. The van der Waals surface area contributed by atoms with E-state index in [1.165, 1.54) is 0 Å². The summed E-state index contributed by atoms with van der Waals surface area (Å²) in [5.41, 5.74) is 2.48. The third-order valence-electron chi connectivity index (χ3n) is 3.98. The van der Waals surface area contributed by atoms with Gasteiger partial charge >= 0.3 is 11.8 Å². The van der Waals surface area contributed by atoms with Gasteiger partial charge in [-0.05, 0) is 32.0 Å². The van der Waals surface area contributed by atoms with Gasteiger partial charge in [-0.2, -0.15) is 0 Å². The first-order chi connectivity index (χ1) is 12.5. The van der Waals surface area contributed by atoms with E-state index in [1.54, 1.807) is 28.8 Å². The number of hydrogen-bond donors (Lipinski definition) is 2. The van der Waals surface area contributed by atoms with Crippen LogP contribution in [0.2, 0.25) is 0 Å². The summed E-state index contributed by atoms with van der Waals surface area (Å²) in [5.74, 6) is -2.03. The van der Waals surface area contributed by atoms with Crippen LogP contribution in [-0.2, 0) is 16.1 Å². The van der Waals surface area contributed by atoms with Gasteiger partial charge in [0, 0.05) is 17.6 Å². The molecule has 26 heavy (non-hydrogen) atoms. The normalized spacial score (nSPS) is 11.2. The van der Waals surface area contributed by atoms with Crippen LogP contribution in [0.25, 0.3) is 10.9 Å². The third-order valence-corrected chi connectivity index (χ3v) is 3.98. The first-order valence-corrected chi connectivity index (χ1v) is 8.15. The Morgan fingerprint density at radius 3 is 2.50 bits per heavy atom. The van der Waals surface area contributed by atoms with E-state index >= 15 is 0 Å². The van der Waals surface area contributed by atoms with Crippen molar-refractivity contribution in [1.82, 2.24) is 4.57 Å². The minimum atomic E-state index is -1.04. The zero-order valence-corrected chi connectivity index (χ0v) is 14.4. The first-order valence-electron chi connectivity index (χ1n) is 8.15. The van der Waals surface area contributed by atoms with Gasteiger partial charge in [-0.15, -0.1) is 10.2 Å². The molecule has 0 spiro atoms. The van der Waals surface area contributed by atoms with E-state index < -0.39 is 11.8 Å². The second-order valence-corrected chi connectivity index (χ2v) is 5.76. The molecule has 0 saturated heterocycles. The van der Waals surface area contributed by atoms with Gasteiger partial charge in [-0.1, -0.05) is 35.9 Å². The maximum atomic E-state index is 12.0. The van der Waals surface area contributed by atoms with Gasteiger partial charge in [-0.3, -0.25) is 9.59 Å². The van der Waals surface area contributed by atoms with E-state index in [9.17, 15) is 14.7 Å².